The third kappa shape index (κ3) is 3.58. The molecule has 3 heterocycles. The summed E-state index contributed by atoms with van der Waals surface area (Å²) < 4.78 is 9.47. The quantitative estimate of drug-likeness (QED) is 0.718. The van der Waals surface area contributed by atoms with Crippen molar-refractivity contribution < 1.29 is 9.53 Å². The lowest BCUT2D eigenvalue weighted by molar-refractivity contribution is -0.118. The molecule has 0 atom stereocenters. The smallest absolute Gasteiger partial charge is 0.266 e. The number of ether oxygens (including phenoxy) is 1. The number of carbonyl (C=O) groups excluding carboxylic acids is 1. The van der Waals surface area contributed by atoms with Crippen LogP contribution in [0.4, 0.5) is 5.82 Å². The van der Waals surface area contributed by atoms with Gasteiger partial charge in [0.05, 0.1) is 5.52 Å². The summed E-state index contributed by atoms with van der Waals surface area (Å²) in [4.78, 5) is 24.9. The van der Waals surface area contributed by atoms with Crippen LogP contribution < -0.4 is 20.9 Å². The van der Waals surface area contributed by atoms with Crippen molar-refractivity contribution in [1.82, 2.24) is 14.3 Å². The van der Waals surface area contributed by atoms with Crippen LogP contribution in [-0.4, -0.2) is 39.4 Å². The van der Waals surface area contributed by atoms with Gasteiger partial charge in [0.15, 0.2) is 0 Å². The topological polar surface area (TPSA) is 95.4 Å². The van der Waals surface area contributed by atoms with Crippen LogP contribution in [0.2, 0.25) is 0 Å². The molecule has 8 nitrogen and oxygen atoms in total. The molecule has 0 aliphatic carbocycles. The molecule has 1 amide bonds. The number of piperidine rings is 1. The zero-order chi connectivity index (χ0) is 19.7. The zero-order valence-corrected chi connectivity index (χ0v) is 15.7. The van der Waals surface area contributed by atoms with Gasteiger partial charge in [0.1, 0.15) is 24.2 Å². The molecule has 1 fully saturated rings. The molecule has 1 aliphatic rings. The van der Waals surface area contributed by atoms with Gasteiger partial charge in [-0.2, -0.15) is 5.10 Å². The van der Waals surface area contributed by atoms with E-state index in [0.717, 1.165) is 48.4 Å². The average Bonchev–Trinajstić information content (AvgIpc) is 3.08. The number of amides is 1. The van der Waals surface area contributed by atoms with Crippen molar-refractivity contribution >= 4 is 22.6 Å². The molecule has 0 unspecified atom stereocenters. The number of aromatic nitrogens is 3. The molecule has 3 aromatic rings. The number of anilines is 1. The first kappa shape index (κ1) is 18.1. The molecular formula is C20H23N5O3. The highest BCUT2D eigenvalue weighted by Gasteiger charge is 2.22. The van der Waals surface area contributed by atoms with Gasteiger partial charge < -0.3 is 19.9 Å². The second-order valence-corrected chi connectivity index (χ2v) is 7.06. The summed E-state index contributed by atoms with van der Waals surface area (Å²) in [5, 5.41) is 5.30. The number of hydrogen-bond acceptors (Lipinski definition) is 5. The molecule has 1 aliphatic heterocycles. The van der Waals surface area contributed by atoms with E-state index in [-0.39, 0.29) is 24.1 Å². The van der Waals surface area contributed by atoms with Gasteiger partial charge in [-0.15, -0.1) is 0 Å². The second-order valence-electron chi connectivity index (χ2n) is 7.06. The maximum Gasteiger partial charge on any atom is 0.266 e. The first-order valence-electron chi connectivity index (χ1n) is 9.33. The molecule has 1 aromatic carbocycles. The Labute approximate surface area is 162 Å². The lowest BCUT2D eigenvalue weighted by Gasteiger charge is -2.33. The Hall–Kier alpha value is -3.29. The monoisotopic (exact) mass is 381 g/mol. The summed E-state index contributed by atoms with van der Waals surface area (Å²) in [7, 11) is 1.66. The van der Waals surface area contributed by atoms with Crippen LogP contribution in [0, 0.1) is 0 Å². The molecule has 0 radical (unpaired) electrons. The summed E-state index contributed by atoms with van der Waals surface area (Å²) in [6, 6.07) is 11.1. The average molecular weight is 381 g/mol. The molecule has 4 rings (SSSR count). The predicted molar refractivity (Wildman–Crippen MR) is 106 cm³/mol. The standard InChI is InChI=1S/C20H23N5O3/c1-23-20(27)6-5-19(22-23)24-10-7-14(8-11-24)28-17-4-2-3-16-15(17)9-12-25(16)13-18(21)26/h2-6,9,12,14H,7-8,10-11,13H2,1H3,(H2,21,26). The van der Waals surface area contributed by atoms with Gasteiger partial charge in [-0.1, -0.05) is 6.07 Å². The number of nitrogens with zero attached hydrogens (tertiary/aromatic N) is 4. The lowest BCUT2D eigenvalue weighted by Crippen LogP contribution is -2.39. The Balaban J connectivity index is 1.45. The van der Waals surface area contributed by atoms with Crippen molar-refractivity contribution in [2.75, 3.05) is 18.0 Å². The minimum atomic E-state index is -0.372. The molecule has 28 heavy (non-hydrogen) atoms. The minimum absolute atomic E-state index is 0.105. The molecular weight excluding hydrogens is 358 g/mol. The van der Waals surface area contributed by atoms with Crippen molar-refractivity contribution in [3.63, 3.8) is 0 Å². The van der Waals surface area contributed by atoms with E-state index in [1.807, 2.05) is 35.0 Å². The Kier molecular flexibility index (Phi) is 4.77. The lowest BCUT2D eigenvalue weighted by atomic mass is 10.1. The molecule has 0 saturated carbocycles. The van der Waals surface area contributed by atoms with Crippen LogP contribution in [0.25, 0.3) is 10.9 Å². The SMILES string of the molecule is Cn1nc(N2CCC(Oc3cccc4c3ccn4CC(N)=O)CC2)ccc1=O. The number of nitrogens with two attached hydrogens (primary N) is 1. The summed E-state index contributed by atoms with van der Waals surface area (Å²) in [5.41, 5.74) is 6.14. The fraction of sp³-hybridized carbons (Fsp3) is 0.350. The molecule has 0 spiro atoms. The Morgan fingerprint density at radius 2 is 2.00 bits per heavy atom. The molecule has 2 aromatic heterocycles. The van der Waals surface area contributed by atoms with E-state index in [0.29, 0.717) is 0 Å². The fourth-order valence-electron chi connectivity index (χ4n) is 3.64. The summed E-state index contributed by atoms with van der Waals surface area (Å²) >= 11 is 0. The van der Waals surface area contributed by atoms with Gasteiger partial charge in [0, 0.05) is 50.6 Å². The highest BCUT2D eigenvalue weighted by molar-refractivity contribution is 5.87. The fourth-order valence-corrected chi connectivity index (χ4v) is 3.64. The number of fused-ring (bicyclic) bond motifs is 1. The Morgan fingerprint density at radius 3 is 2.71 bits per heavy atom. The third-order valence-corrected chi connectivity index (χ3v) is 5.11. The van der Waals surface area contributed by atoms with E-state index in [9.17, 15) is 9.59 Å². The number of carbonyl (C=O) groups is 1. The molecule has 1 saturated heterocycles. The Morgan fingerprint density at radius 1 is 1.21 bits per heavy atom. The van der Waals surface area contributed by atoms with Gasteiger partial charge in [0.25, 0.3) is 5.56 Å². The normalized spacial score (nSPS) is 15.1. The van der Waals surface area contributed by atoms with E-state index in [1.54, 1.807) is 19.2 Å². The number of aryl methyl sites for hydroxylation is 1. The molecule has 8 heteroatoms. The predicted octanol–water partition coefficient (Wildman–Crippen LogP) is 1.27. The summed E-state index contributed by atoms with van der Waals surface area (Å²) in [5.74, 6) is 1.26. The molecule has 0 bridgehead atoms. The molecule has 146 valence electrons. The first-order valence-corrected chi connectivity index (χ1v) is 9.33. The van der Waals surface area contributed by atoms with Crippen LogP contribution in [0.15, 0.2) is 47.4 Å². The van der Waals surface area contributed by atoms with E-state index >= 15 is 0 Å². The number of hydrogen-bond donors (Lipinski definition) is 1. The van der Waals surface area contributed by atoms with Crippen molar-refractivity contribution in [2.45, 2.75) is 25.5 Å². The number of benzene rings is 1. The minimum Gasteiger partial charge on any atom is -0.490 e. The Bertz CT molecular complexity index is 1060. The highest BCUT2D eigenvalue weighted by atomic mass is 16.5. The largest absolute Gasteiger partial charge is 0.490 e. The van der Waals surface area contributed by atoms with Crippen molar-refractivity contribution in [2.24, 2.45) is 12.8 Å². The maximum atomic E-state index is 11.5. The summed E-state index contributed by atoms with van der Waals surface area (Å²) in [6.45, 7) is 1.78. The van der Waals surface area contributed by atoms with Crippen LogP contribution in [0.1, 0.15) is 12.8 Å². The van der Waals surface area contributed by atoms with Gasteiger partial charge in [-0.05, 0) is 24.3 Å². The van der Waals surface area contributed by atoms with Crippen molar-refractivity contribution in [1.29, 1.82) is 0 Å². The number of primary amides is 1. The van der Waals surface area contributed by atoms with Crippen LogP contribution >= 0.6 is 0 Å². The van der Waals surface area contributed by atoms with Crippen LogP contribution in [0.5, 0.6) is 5.75 Å². The van der Waals surface area contributed by atoms with Crippen molar-refractivity contribution in [3.05, 3.63) is 52.9 Å². The van der Waals surface area contributed by atoms with E-state index < -0.39 is 0 Å². The second kappa shape index (κ2) is 7.38. The third-order valence-electron chi connectivity index (χ3n) is 5.11. The maximum absolute atomic E-state index is 11.5. The van der Waals surface area contributed by atoms with Crippen LogP contribution in [-0.2, 0) is 18.4 Å². The molecule has 2 N–H and O–H groups in total. The van der Waals surface area contributed by atoms with Crippen molar-refractivity contribution in [3.8, 4) is 5.75 Å². The van der Waals surface area contributed by atoms with Crippen LogP contribution in [0.3, 0.4) is 0 Å². The zero-order valence-electron chi connectivity index (χ0n) is 15.7. The van der Waals surface area contributed by atoms with E-state index in [1.165, 1.54) is 4.68 Å². The van der Waals surface area contributed by atoms with Gasteiger partial charge in [0.2, 0.25) is 5.91 Å². The van der Waals surface area contributed by atoms with Gasteiger partial charge >= 0.3 is 0 Å². The summed E-state index contributed by atoms with van der Waals surface area (Å²) in [6.07, 6.45) is 3.69. The van der Waals surface area contributed by atoms with E-state index in [2.05, 4.69) is 10.00 Å². The first-order chi connectivity index (χ1) is 13.5. The number of rotatable bonds is 5. The van der Waals surface area contributed by atoms with Gasteiger partial charge in [-0.3, -0.25) is 9.59 Å². The van der Waals surface area contributed by atoms with Gasteiger partial charge in [-0.25, -0.2) is 4.68 Å². The van der Waals surface area contributed by atoms with E-state index in [4.69, 9.17) is 10.5 Å². The highest BCUT2D eigenvalue weighted by Crippen LogP contribution is 2.29.